The van der Waals surface area contributed by atoms with Gasteiger partial charge in [-0.25, -0.2) is 4.79 Å². The Morgan fingerprint density at radius 1 is 1.07 bits per heavy atom. The van der Waals surface area contributed by atoms with Crippen LogP contribution in [0.5, 0.6) is 5.75 Å². The first-order chi connectivity index (χ1) is 14.2. The Kier molecular flexibility index (Phi) is 8.50. The van der Waals surface area contributed by atoms with Crippen LogP contribution < -0.4 is 4.74 Å². The molecule has 2 aromatic rings. The Balaban J connectivity index is 2.16. The molecule has 0 aromatic heterocycles. The molecule has 2 N–H and O–H groups in total. The third kappa shape index (κ3) is 6.93. The first-order valence-corrected chi connectivity index (χ1v) is 10.5. The van der Waals surface area contributed by atoms with E-state index in [0.717, 1.165) is 17.7 Å². The lowest BCUT2D eigenvalue weighted by Gasteiger charge is -2.24. The van der Waals surface area contributed by atoms with Gasteiger partial charge >= 0.3 is 5.97 Å². The van der Waals surface area contributed by atoms with Crippen molar-refractivity contribution in [2.24, 2.45) is 0 Å². The highest BCUT2D eigenvalue weighted by atomic mass is 16.5. The zero-order valence-corrected chi connectivity index (χ0v) is 18.4. The fourth-order valence-corrected chi connectivity index (χ4v) is 3.07. The van der Waals surface area contributed by atoms with Crippen molar-refractivity contribution in [1.29, 1.82) is 0 Å². The van der Waals surface area contributed by atoms with Gasteiger partial charge in [0.25, 0.3) is 0 Å². The molecule has 0 aliphatic rings. The zero-order valence-electron chi connectivity index (χ0n) is 18.4. The normalized spacial score (nSPS) is 12.0. The molecule has 1 atom stereocenters. The molecular weight excluding hydrogens is 376 g/mol. The largest absolute Gasteiger partial charge is 0.493 e. The van der Waals surface area contributed by atoms with Crippen molar-refractivity contribution < 1.29 is 19.7 Å². The molecule has 4 heteroatoms. The number of carbonyl (C=O) groups is 1. The average Bonchev–Trinajstić information content (AvgIpc) is 2.71. The minimum absolute atomic E-state index is 0.130. The monoisotopic (exact) mass is 408 g/mol. The van der Waals surface area contributed by atoms with Crippen LogP contribution in [0.4, 0.5) is 0 Å². The molecule has 2 aromatic carbocycles. The minimum Gasteiger partial charge on any atom is -0.493 e. The Labute approximate surface area is 179 Å². The summed E-state index contributed by atoms with van der Waals surface area (Å²) in [5, 5.41) is 19.5. The molecule has 4 nitrogen and oxygen atoms in total. The quantitative estimate of drug-likeness (QED) is 0.433. The number of aliphatic hydroxyl groups is 1. The Bertz CT molecular complexity index is 895. The third-order valence-corrected chi connectivity index (χ3v) is 4.87. The number of aliphatic hydroxyl groups excluding tert-OH is 1. The molecule has 0 aliphatic carbocycles. The zero-order chi connectivity index (χ0) is 22.1. The van der Waals surface area contributed by atoms with Crippen molar-refractivity contribution in [1.82, 2.24) is 0 Å². The lowest BCUT2D eigenvalue weighted by Crippen LogP contribution is -2.15. The van der Waals surface area contributed by atoms with Gasteiger partial charge in [-0.1, -0.05) is 64.9 Å². The second-order valence-electron chi connectivity index (χ2n) is 8.47. The van der Waals surface area contributed by atoms with Crippen LogP contribution in [-0.4, -0.2) is 22.8 Å². The lowest BCUT2D eigenvalue weighted by molar-refractivity contribution is 0.0697. The Hall–Kier alpha value is -2.77. The summed E-state index contributed by atoms with van der Waals surface area (Å²) in [7, 11) is 0. The van der Waals surface area contributed by atoms with Crippen LogP contribution in [-0.2, 0) is 5.41 Å². The molecule has 0 fully saturated rings. The van der Waals surface area contributed by atoms with Gasteiger partial charge in [0.2, 0.25) is 0 Å². The van der Waals surface area contributed by atoms with E-state index >= 15 is 0 Å². The predicted octanol–water partition coefficient (Wildman–Crippen LogP) is 5.73. The van der Waals surface area contributed by atoms with E-state index in [0.29, 0.717) is 17.7 Å². The summed E-state index contributed by atoms with van der Waals surface area (Å²) in [6.07, 6.45) is 3.68. The number of ether oxygens (including phenoxy) is 1. The second-order valence-corrected chi connectivity index (χ2v) is 8.47. The number of aromatic carboxylic acids is 1. The van der Waals surface area contributed by atoms with E-state index in [1.165, 1.54) is 31.4 Å². The summed E-state index contributed by atoms with van der Waals surface area (Å²) in [6, 6.07) is 12.0. The van der Waals surface area contributed by atoms with E-state index in [9.17, 15) is 9.90 Å². The van der Waals surface area contributed by atoms with Crippen LogP contribution >= 0.6 is 0 Å². The van der Waals surface area contributed by atoms with Gasteiger partial charge in [-0.15, -0.1) is 0 Å². The van der Waals surface area contributed by atoms with Crippen LogP contribution in [0.3, 0.4) is 0 Å². The van der Waals surface area contributed by atoms with Crippen LogP contribution in [0.25, 0.3) is 0 Å². The number of rotatable bonds is 8. The minimum atomic E-state index is -0.975. The summed E-state index contributed by atoms with van der Waals surface area (Å²) >= 11 is 0. The SMILES string of the molecule is CCCCCCOc1ccc(C(O)C#Cc2ccc(C(=O)O)cc2)cc1C(C)(C)C. The third-order valence-electron chi connectivity index (χ3n) is 4.87. The van der Waals surface area contributed by atoms with E-state index in [2.05, 4.69) is 39.5 Å². The number of benzene rings is 2. The van der Waals surface area contributed by atoms with Crippen LogP contribution in [0.1, 0.15) is 86.5 Å². The average molecular weight is 409 g/mol. The highest BCUT2D eigenvalue weighted by Gasteiger charge is 2.21. The maximum absolute atomic E-state index is 10.9. The number of carboxylic acids is 1. The molecule has 1 unspecified atom stereocenters. The molecule has 160 valence electrons. The molecule has 0 spiro atoms. The van der Waals surface area contributed by atoms with Gasteiger partial charge in [0.1, 0.15) is 11.9 Å². The number of hydrogen-bond donors (Lipinski definition) is 2. The Morgan fingerprint density at radius 2 is 1.77 bits per heavy atom. The molecule has 0 saturated carbocycles. The first-order valence-electron chi connectivity index (χ1n) is 10.5. The summed E-state index contributed by atoms with van der Waals surface area (Å²) in [5.41, 5.74) is 2.49. The molecule has 2 rings (SSSR count). The van der Waals surface area contributed by atoms with E-state index < -0.39 is 12.1 Å². The van der Waals surface area contributed by atoms with Gasteiger partial charge in [-0.05, 0) is 59.4 Å². The molecule has 0 saturated heterocycles. The molecule has 30 heavy (non-hydrogen) atoms. The van der Waals surface area contributed by atoms with Crippen molar-refractivity contribution in [3.05, 3.63) is 64.7 Å². The summed E-state index contributed by atoms with van der Waals surface area (Å²) in [6.45, 7) is 9.25. The highest BCUT2D eigenvalue weighted by Crippen LogP contribution is 2.33. The summed E-state index contributed by atoms with van der Waals surface area (Å²) in [5.74, 6) is 5.64. The van der Waals surface area contributed by atoms with Crippen molar-refractivity contribution in [3.63, 3.8) is 0 Å². The van der Waals surface area contributed by atoms with Crippen LogP contribution in [0.15, 0.2) is 42.5 Å². The molecule has 0 aliphatic heterocycles. The Morgan fingerprint density at radius 3 is 2.37 bits per heavy atom. The van der Waals surface area contributed by atoms with Crippen molar-refractivity contribution in [2.45, 2.75) is 64.9 Å². The van der Waals surface area contributed by atoms with Crippen molar-refractivity contribution in [3.8, 4) is 17.6 Å². The number of unbranched alkanes of at least 4 members (excludes halogenated alkanes) is 3. The van der Waals surface area contributed by atoms with Gasteiger partial charge in [-0.3, -0.25) is 0 Å². The molecule has 0 heterocycles. The van der Waals surface area contributed by atoms with Gasteiger partial charge in [0.15, 0.2) is 0 Å². The molecular formula is C26H32O4. The van der Waals surface area contributed by atoms with Gasteiger partial charge in [0, 0.05) is 5.56 Å². The van der Waals surface area contributed by atoms with Crippen molar-refractivity contribution in [2.75, 3.05) is 6.61 Å². The fourth-order valence-electron chi connectivity index (χ4n) is 3.07. The van der Waals surface area contributed by atoms with Gasteiger partial charge in [-0.2, -0.15) is 0 Å². The maximum atomic E-state index is 10.9. The predicted molar refractivity (Wildman–Crippen MR) is 120 cm³/mol. The molecule has 0 radical (unpaired) electrons. The lowest BCUT2D eigenvalue weighted by atomic mass is 9.85. The van der Waals surface area contributed by atoms with Gasteiger partial charge < -0.3 is 14.9 Å². The standard InChI is InChI=1S/C26H32O4/c1-5-6-7-8-17-30-24-16-14-21(18-22(24)26(2,3)4)23(27)15-11-19-9-12-20(13-10-19)25(28)29/h9-10,12-14,16,18,23,27H,5-8,17H2,1-4H3,(H,28,29). The van der Waals surface area contributed by atoms with E-state index in [-0.39, 0.29) is 11.0 Å². The summed E-state index contributed by atoms with van der Waals surface area (Å²) < 4.78 is 6.04. The second kappa shape index (κ2) is 10.8. The smallest absolute Gasteiger partial charge is 0.335 e. The maximum Gasteiger partial charge on any atom is 0.335 e. The van der Waals surface area contributed by atoms with E-state index in [1.807, 2.05) is 18.2 Å². The van der Waals surface area contributed by atoms with E-state index in [1.54, 1.807) is 12.1 Å². The summed E-state index contributed by atoms with van der Waals surface area (Å²) in [4.78, 5) is 10.9. The van der Waals surface area contributed by atoms with Crippen LogP contribution in [0, 0.1) is 11.8 Å². The van der Waals surface area contributed by atoms with Crippen LogP contribution in [0.2, 0.25) is 0 Å². The molecule has 0 amide bonds. The number of carboxylic acid groups (broad SMARTS) is 1. The first kappa shape index (κ1) is 23.5. The number of hydrogen-bond acceptors (Lipinski definition) is 3. The highest BCUT2D eigenvalue weighted by molar-refractivity contribution is 5.87. The fraction of sp³-hybridized carbons (Fsp3) is 0.423. The van der Waals surface area contributed by atoms with E-state index in [4.69, 9.17) is 9.84 Å². The topological polar surface area (TPSA) is 66.8 Å². The van der Waals surface area contributed by atoms with Crippen molar-refractivity contribution >= 4 is 5.97 Å². The van der Waals surface area contributed by atoms with Gasteiger partial charge in [0.05, 0.1) is 12.2 Å². The molecule has 0 bridgehead atoms.